The molecule has 0 aliphatic carbocycles. The summed E-state index contributed by atoms with van der Waals surface area (Å²) in [6.45, 7) is 17.8. The third-order valence-corrected chi connectivity index (χ3v) is 9.76. The van der Waals surface area contributed by atoms with Crippen molar-refractivity contribution in [3.05, 3.63) is 92.5 Å². The Hall–Kier alpha value is -4.47. The molecule has 0 heterocycles. The Morgan fingerprint density at radius 3 is 1.61 bits per heavy atom. The van der Waals surface area contributed by atoms with Gasteiger partial charge in [0.15, 0.2) is 0 Å². The fourth-order valence-corrected chi connectivity index (χ4v) is 6.29. The van der Waals surface area contributed by atoms with E-state index in [0.717, 1.165) is 77.7 Å². The maximum atomic E-state index is 12.0. The van der Waals surface area contributed by atoms with Gasteiger partial charge in [0.05, 0.1) is 27.6 Å². The van der Waals surface area contributed by atoms with Gasteiger partial charge in [-0.1, -0.05) is 0 Å². The number of hydrogen-bond acceptors (Lipinski definition) is 7. The molecule has 0 spiro atoms. The number of rotatable bonds is 5. The van der Waals surface area contributed by atoms with Crippen molar-refractivity contribution in [3.8, 4) is 0 Å². The summed E-state index contributed by atoms with van der Waals surface area (Å²) in [6, 6.07) is 12.9. The molecule has 0 unspecified atom stereocenters. The van der Waals surface area contributed by atoms with Gasteiger partial charge in [-0.25, -0.2) is 0 Å². The van der Waals surface area contributed by atoms with E-state index in [1.165, 1.54) is 12.1 Å². The molecule has 0 atom stereocenters. The minimum Gasteiger partial charge on any atom is -0.398 e. The lowest BCUT2D eigenvalue weighted by Gasteiger charge is -2.16. The molecule has 0 aromatic heterocycles. The van der Waals surface area contributed by atoms with Gasteiger partial charge in [-0.05, 0) is 160 Å². The van der Waals surface area contributed by atoms with Crippen LogP contribution in [0.4, 0.5) is 28.4 Å². The quantitative estimate of drug-likeness (QED) is 0.117. The van der Waals surface area contributed by atoms with E-state index in [1.807, 2.05) is 66.7 Å². The van der Waals surface area contributed by atoms with Crippen molar-refractivity contribution in [3.63, 3.8) is 0 Å². The van der Waals surface area contributed by atoms with E-state index in [0.29, 0.717) is 22.3 Å². The Morgan fingerprint density at radius 2 is 1.07 bits per heavy atom. The number of hydrogen-bond donors (Lipinski definition) is 2. The van der Waals surface area contributed by atoms with Crippen LogP contribution in [-0.2, 0) is 10.1 Å². The number of nitrogen functional groups attached to an aromatic ring is 1. The Labute approximate surface area is 258 Å². The summed E-state index contributed by atoms with van der Waals surface area (Å²) in [5.41, 5.74) is 18.5. The Morgan fingerprint density at radius 1 is 0.545 bits per heavy atom. The van der Waals surface area contributed by atoms with Crippen LogP contribution >= 0.6 is 0 Å². The molecule has 0 radical (unpaired) electrons. The van der Waals surface area contributed by atoms with Crippen LogP contribution in [0, 0.1) is 62.3 Å². The fourth-order valence-electron chi connectivity index (χ4n) is 5.70. The van der Waals surface area contributed by atoms with E-state index >= 15 is 0 Å². The molecule has 0 saturated carbocycles. The second-order valence-corrected chi connectivity index (χ2v) is 13.2. The first-order chi connectivity index (χ1) is 20.6. The Bertz CT molecular complexity index is 2200. The Balaban J connectivity index is 1.69. The predicted molar refractivity (Wildman–Crippen MR) is 180 cm³/mol. The van der Waals surface area contributed by atoms with E-state index in [-0.39, 0.29) is 4.90 Å². The molecule has 0 fully saturated rings. The summed E-state index contributed by atoms with van der Waals surface area (Å²) in [6.07, 6.45) is 0. The molecule has 226 valence electrons. The van der Waals surface area contributed by atoms with Crippen molar-refractivity contribution in [2.75, 3.05) is 5.73 Å². The molecule has 0 aliphatic rings. The monoisotopic (exact) mass is 607 g/mol. The van der Waals surface area contributed by atoms with Crippen LogP contribution in [0.25, 0.3) is 21.5 Å². The maximum absolute atomic E-state index is 12.0. The molecule has 0 aliphatic heterocycles. The SMILES string of the molecule is Cc1cc2c(N=Nc3c(C)cc(N)c(C)c3C)ccc(N=Nc3c(C)c(C)c(C)c4cc(S(=O)(=O)O)cc(C)c34)c2cc1C. The van der Waals surface area contributed by atoms with Crippen LogP contribution in [-0.4, -0.2) is 13.0 Å². The topological polar surface area (TPSA) is 130 Å². The van der Waals surface area contributed by atoms with Crippen LogP contribution in [0.3, 0.4) is 0 Å². The third kappa shape index (κ3) is 5.37. The van der Waals surface area contributed by atoms with Crippen molar-refractivity contribution in [2.45, 2.75) is 67.2 Å². The highest BCUT2D eigenvalue weighted by molar-refractivity contribution is 7.85. The molecule has 5 aromatic carbocycles. The van der Waals surface area contributed by atoms with Crippen molar-refractivity contribution in [2.24, 2.45) is 20.5 Å². The zero-order chi connectivity index (χ0) is 32.2. The summed E-state index contributed by atoms with van der Waals surface area (Å²) in [5, 5.41) is 22.2. The molecular weight excluding hydrogens is 570 g/mol. The molecular formula is C35H37N5O3S. The van der Waals surface area contributed by atoms with Crippen molar-refractivity contribution >= 4 is 60.1 Å². The highest BCUT2D eigenvalue weighted by Gasteiger charge is 2.19. The van der Waals surface area contributed by atoms with Gasteiger partial charge < -0.3 is 5.73 Å². The largest absolute Gasteiger partial charge is 0.398 e. The van der Waals surface area contributed by atoms with Gasteiger partial charge >= 0.3 is 0 Å². The van der Waals surface area contributed by atoms with E-state index in [4.69, 9.17) is 16.0 Å². The van der Waals surface area contributed by atoms with Crippen LogP contribution in [0.2, 0.25) is 0 Å². The second-order valence-electron chi connectivity index (χ2n) is 11.7. The van der Waals surface area contributed by atoms with Crippen LogP contribution in [0.5, 0.6) is 0 Å². The number of fused-ring (bicyclic) bond motifs is 2. The van der Waals surface area contributed by atoms with E-state index in [1.54, 1.807) is 0 Å². The van der Waals surface area contributed by atoms with Gasteiger partial charge in [0.2, 0.25) is 0 Å². The van der Waals surface area contributed by atoms with E-state index in [9.17, 15) is 13.0 Å². The summed E-state index contributed by atoms with van der Waals surface area (Å²) in [5.74, 6) is 0. The van der Waals surface area contributed by atoms with Crippen molar-refractivity contribution < 1.29 is 13.0 Å². The fraction of sp³-hybridized carbons (Fsp3) is 0.257. The molecule has 0 bridgehead atoms. The van der Waals surface area contributed by atoms with Crippen molar-refractivity contribution in [1.82, 2.24) is 0 Å². The van der Waals surface area contributed by atoms with E-state index in [2.05, 4.69) is 36.2 Å². The number of nitrogens with zero attached hydrogens (tertiary/aromatic N) is 4. The van der Waals surface area contributed by atoms with Gasteiger partial charge in [-0.2, -0.15) is 8.42 Å². The average Bonchev–Trinajstić information content (AvgIpc) is 2.95. The van der Waals surface area contributed by atoms with Crippen LogP contribution in [0.1, 0.15) is 50.1 Å². The molecule has 5 aromatic rings. The van der Waals surface area contributed by atoms with Crippen LogP contribution in [0.15, 0.2) is 67.8 Å². The lowest BCUT2D eigenvalue weighted by Crippen LogP contribution is -2.00. The first-order valence-electron chi connectivity index (χ1n) is 14.4. The van der Waals surface area contributed by atoms with Crippen LogP contribution < -0.4 is 5.73 Å². The molecule has 0 amide bonds. The molecule has 44 heavy (non-hydrogen) atoms. The lowest BCUT2D eigenvalue weighted by atomic mass is 9.92. The molecule has 8 nitrogen and oxygen atoms in total. The first kappa shape index (κ1) is 31.0. The number of azo groups is 2. The van der Waals surface area contributed by atoms with Gasteiger partial charge in [0.1, 0.15) is 0 Å². The summed E-state index contributed by atoms with van der Waals surface area (Å²) in [7, 11) is -4.37. The molecule has 0 saturated heterocycles. The van der Waals surface area contributed by atoms with E-state index < -0.39 is 10.1 Å². The first-order valence-corrected chi connectivity index (χ1v) is 15.8. The Kier molecular flexibility index (Phi) is 7.90. The summed E-state index contributed by atoms with van der Waals surface area (Å²) >= 11 is 0. The van der Waals surface area contributed by atoms with Gasteiger partial charge in [-0.15, -0.1) is 20.5 Å². The lowest BCUT2D eigenvalue weighted by molar-refractivity contribution is 0.483. The number of nitrogens with two attached hydrogens (primary N) is 1. The molecule has 3 N–H and O–H groups in total. The number of aryl methyl sites for hydroxylation is 5. The maximum Gasteiger partial charge on any atom is 0.294 e. The van der Waals surface area contributed by atoms with Gasteiger partial charge in [0.25, 0.3) is 10.1 Å². The highest BCUT2D eigenvalue weighted by Crippen LogP contribution is 2.42. The normalized spacial score (nSPS) is 12.4. The zero-order valence-corrected chi connectivity index (χ0v) is 27.4. The second kappa shape index (κ2) is 11.2. The molecule has 9 heteroatoms. The number of benzene rings is 5. The average molecular weight is 608 g/mol. The standard InChI is InChI=1S/C35H37N5O3S/c1-17-13-28-29(14-18(17)2)32(11-10-31(28)37-39-34-20(4)15-30(36)23(7)25(34)9)38-40-35-24(8)21(5)22(6)27-16-26(44(41,42)43)12-19(3)33(27)35/h10-16H,36H2,1-9H3,(H,41,42,43). The predicted octanol–water partition coefficient (Wildman–Crippen LogP) is 10.4. The smallest absolute Gasteiger partial charge is 0.294 e. The van der Waals surface area contributed by atoms with Crippen molar-refractivity contribution in [1.29, 1.82) is 0 Å². The van der Waals surface area contributed by atoms with Gasteiger partial charge in [-0.3, -0.25) is 4.55 Å². The third-order valence-electron chi connectivity index (χ3n) is 8.92. The minimum absolute atomic E-state index is 0.141. The summed E-state index contributed by atoms with van der Waals surface area (Å²) in [4.78, 5) is -0.141. The minimum atomic E-state index is -4.37. The zero-order valence-electron chi connectivity index (χ0n) is 26.6. The highest BCUT2D eigenvalue weighted by atomic mass is 32.2. The van der Waals surface area contributed by atoms with Gasteiger partial charge in [0, 0.05) is 21.8 Å². The molecule has 5 rings (SSSR count). The summed E-state index contributed by atoms with van der Waals surface area (Å²) < 4.78 is 33.7. The number of anilines is 1.